The minimum atomic E-state index is -0.826. The largest absolute Gasteiger partial charge is 0.487 e. The first-order valence-electron chi connectivity index (χ1n) is 12.5. The summed E-state index contributed by atoms with van der Waals surface area (Å²) in [5, 5.41) is 23.4. The zero-order chi connectivity index (χ0) is 21.9. The smallest absolute Gasteiger partial charge is 0.189 e. The van der Waals surface area contributed by atoms with E-state index < -0.39 is 17.1 Å². The maximum atomic E-state index is 12.4. The minimum Gasteiger partial charge on any atom is -0.487 e. The lowest BCUT2D eigenvalue weighted by Crippen LogP contribution is -2.77. The summed E-state index contributed by atoms with van der Waals surface area (Å²) in [6, 6.07) is 0.139. The van der Waals surface area contributed by atoms with Gasteiger partial charge in [-0.1, -0.05) is 12.5 Å². The molecule has 6 rings (SSSR count). The first-order chi connectivity index (χ1) is 15.6. The lowest BCUT2D eigenvalue weighted by Gasteiger charge is -2.67. The molecule has 7 heteroatoms. The molecular formula is C25H37NO6. The van der Waals surface area contributed by atoms with E-state index in [9.17, 15) is 10.2 Å². The molecule has 7 atom stereocenters. The van der Waals surface area contributed by atoms with Gasteiger partial charge in [-0.05, 0) is 63.0 Å². The van der Waals surface area contributed by atoms with Crippen molar-refractivity contribution in [1.29, 1.82) is 0 Å². The summed E-state index contributed by atoms with van der Waals surface area (Å²) in [5.41, 5.74) is -1.27. The van der Waals surface area contributed by atoms with Crippen molar-refractivity contribution in [3.63, 3.8) is 0 Å². The third kappa shape index (κ3) is 2.91. The van der Waals surface area contributed by atoms with Gasteiger partial charge in [0.2, 0.25) is 0 Å². The van der Waals surface area contributed by atoms with E-state index in [4.69, 9.17) is 18.9 Å². The maximum Gasteiger partial charge on any atom is 0.189 e. The summed E-state index contributed by atoms with van der Waals surface area (Å²) >= 11 is 0. The Morgan fingerprint density at radius 3 is 2.88 bits per heavy atom. The fourth-order valence-electron chi connectivity index (χ4n) is 7.85. The van der Waals surface area contributed by atoms with Crippen LogP contribution in [0.2, 0.25) is 0 Å². The molecular weight excluding hydrogens is 410 g/mol. The Bertz CT molecular complexity index is 795. The highest BCUT2D eigenvalue weighted by Crippen LogP contribution is 2.70. The van der Waals surface area contributed by atoms with Crippen molar-refractivity contribution < 1.29 is 29.2 Å². The van der Waals surface area contributed by atoms with Crippen LogP contribution in [0.1, 0.15) is 44.9 Å². The predicted molar refractivity (Wildman–Crippen MR) is 116 cm³/mol. The molecule has 3 saturated carbocycles. The van der Waals surface area contributed by atoms with Gasteiger partial charge in [0, 0.05) is 25.6 Å². The SMILES string of the molecule is COCCOCOC1=C2OC3C(O)CC[C@@]4(O)[C@H]5CC(C=C1)C2[C@@]34CCN5CC1CCC1. The van der Waals surface area contributed by atoms with Gasteiger partial charge >= 0.3 is 0 Å². The van der Waals surface area contributed by atoms with Gasteiger partial charge in [0.1, 0.15) is 11.9 Å². The lowest BCUT2D eigenvalue weighted by molar-refractivity contribution is -0.268. The molecule has 4 aliphatic carbocycles. The van der Waals surface area contributed by atoms with Crippen LogP contribution in [0.4, 0.5) is 0 Å². The quantitative estimate of drug-likeness (QED) is 0.436. The molecule has 2 heterocycles. The molecule has 1 spiro atoms. The van der Waals surface area contributed by atoms with Crippen LogP contribution >= 0.6 is 0 Å². The molecule has 2 N–H and O–H groups in total. The van der Waals surface area contributed by atoms with E-state index in [0.29, 0.717) is 37.7 Å². The molecule has 2 bridgehead atoms. The number of rotatable bonds is 8. The third-order valence-corrected chi connectivity index (χ3v) is 9.49. The molecule has 6 aliphatic rings. The summed E-state index contributed by atoms with van der Waals surface area (Å²) in [6.45, 7) is 3.21. The predicted octanol–water partition coefficient (Wildman–Crippen LogP) is 2.19. The molecule has 5 fully saturated rings. The van der Waals surface area contributed by atoms with Gasteiger partial charge in [0.25, 0.3) is 0 Å². The van der Waals surface area contributed by atoms with Crippen molar-refractivity contribution in [3.8, 4) is 0 Å². The Labute approximate surface area is 190 Å². The zero-order valence-electron chi connectivity index (χ0n) is 19.1. The summed E-state index contributed by atoms with van der Waals surface area (Å²) in [6.07, 6.45) is 10.4. The van der Waals surface area contributed by atoms with E-state index in [1.54, 1.807) is 7.11 Å². The molecule has 32 heavy (non-hydrogen) atoms. The second-order valence-electron chi connectivity index (χ2n) is 10.8. The maximum absolute atomic E-state index is 12.4. The number of hydrogen-bond acceptors (Lipinski definition) is 7. The topological polar surface area (TPSA) is 80.6 Å². The van der Waals surface area contributed by atoms with Gasteiger partial charge in [-0.2, -0.15) is 0 Å². The van der Waals surface area contributed by atoms with Crippen LogP contribution in [-0.4, -0.2) is 79.2 Å². The number of ether oxygens (including phenoxy) is 4. The standard InChI is InChI=1S/C25H37NO6/c1-29-11-12-30-15-31-19-6-5-17-13-20-25(28)8-7-18(27)23-24(25,21(17)22(19)32-23)9-10-26(20)14-16-3-2-4-16/h5-6,16-18,20-21,23,27-28H,2-4,7-15H2,1H3/t17?,18?,20-,21?,23?,24+,25-/m1/s1. The van der Waals surface area contributed by atoms with Crippen molar-refractivity contribution in [2.24, 2.45) is 23.2 Å². The van der Waals surface area contributed by atoms with Crippen LogP contribution in [0.25, 0.3) is 0 Å². The van der Waals surface area contributed by atoms with E-state index >= 15 is 0 Å². The summed E-state index contributed by atoms with van der Waals surface area (Å²) in [7, 11) is 1.65. The number of aliphatic hydroxyl groups is 2. The Hall–Kier alpha value is -1.12. The molecule has 2 aliphatic heterocycles. The number of likely N-dealkylation sites (tertiary alicyclic amines) is 1. The second kappa shape index (κ2) is 7.98. The van der Waals surface area contributed by atoms with Crippen LogP contribution in [-0.2, 0) is 18.9 Å². The molecule has 4 unspecified atom stereocenters. The average molecular weight is 448 g/mol. The first-order valence-corrected chi connectivity index (χ1v) is 12.5. The second-order valence-corrected chi connectivity index (χ2v) is 10.8. The van der Waals surface area contributed by atoms with Crippen LogP contribution in [0.3, 0.4) is 0 Å². The van der Waals surface area contributed by atoms with Gasteiger partial charge in [0.05, 0.1) is 30.3 Å². The minimum absolute atomic E-state index is 0.0635. The Balaban J connectivity index is 1.31. The average Bonchev–Trinajstić information content (AvgIpc) is 3.11. The Kier molecular flexibility index (Phi) is 5.34. The van der Waals surface area contributed by atoms with E-state index in [1.165, 1.54) is 19.3 Å². The normalized spacial score (nSPS) is 44.8. The van der Waals surface area contributed by atoms with Crippen molar-refractivity contribution in [2.45, 2.75) is 68.8 Å². The molecule has 0 aromatic heterocycles. The van der Waals surface area contributed by atoms with Gasteiger partial charge < -0.3 is 29.2 Å². The van der Waals surface area contributed by atoms with Crippen LogP contribution in [0.5, 0.6) is 0 Å². The van der Waals surface area contributed by atoms with Crippen molar-refractivity contribution in [2.75, 3.05) is 40.2 Å². The first kappa shape index (κ1) is 21.4. The van der Waals surface area contributed by atoms with Crippen molar-refractivity contribution in [3.05, 3.63) is 23.7 Å². The van der Waals surface area contributed by atoms with Gasteiger partial charge in [0.15, 0.2) is 12.6 Å². The Morgan fingerprint density at radius 2 is 2.09 bits per heavy atom. The molecule has 0 amide bonds. The zero-order valence-corrected chi connectivity index (χ0v) is 19.1. The fraction of sp³-hybridized carbons (Fsp3) is 0.840. The van der Waals surface area contributed by atoms with E-state index in [0.717, 1.165) is 37.6 Å². The fourth-order valence-corrected chi connectivity index (χ4v) is 7.85. The van der Waals surface area contributed by atoms with Gasteiger partial charge in [-0.3, -0.25) is 4.90 Å². The number of allylic oxidation sites excluding steroid dienone is 3. The monoisotopic (exact) mass is 447 g/mol. The molecule has 178 valence electrons. The molecule has 0 aromatic carbocycles. The van der Waals surface area contributed by atoms with Crippen molar-refractivity contribution in [1.82, 2.24) is 4.90 Å². The number of piperidine rings is 1. The van der Waals surface area contributed by atoms with Crippen LogP contribution in [0, 0.1) is 23.2 Å². The summed E-state index contributed by atoms with van der Waals surface area (Å²) in [5.74, 6) is 2.66. The van der Waals surface area contributed by atoms with E-state index in [-0.39, 0.29) is 24.9 Å². The number of aliphatic hydroxyl groups excluding tert-OH is 1. The third-order valence-electron chi connectivity index (χ3n) is 9.49. The highest BCUT2D eigenvalue weighted by atomic mass is 16.7. The molecule has 0 aromatic rings. The number of methoxy groups -OCH3 is 1. The van der Waals surface area contributed by atoms with E-state index in [1.807, 2.05) is 6.08 Å². The number of nitrogens with zero attached hydrogens (tertiary/aromatic N) is 1. The Morgan fingerprint density at radius 1 is 1.22 bits per heavy atom. The lowest BCUT2D eigenvalue weighted by atomic mass is 9.44. The highest BCUT2D eigenvalue weighted by molar-refractivity contribution is 5.38. The van der Waals surface area contributed by atoms with E-state index in [2.05, 4.69) is 11.0 Å². The highest BCUT2D eigenvalue weighted by Gasteiger charge is 2.76. The van der Waals surface area contributed by atoms with Gasteiger partial charge in [-0.15, -0.1) is 0 Å². The molecule has 0 radical (unpaired) electrons. The van der Waals surface area contributed by atoms with Gasteiger partial charge in [-0.25, -0.2) is 0 Å². The summed E-state index contributed by atoms with van der Waals surface area (Å²) < 4.78 is 23.0. The number of hydrogen-bond donors (Lipinski definition) is 2. The summed E-state index contributed by atoms with van der Waals surface area (Å²) in [4.78, 5) is 2.59. The molecule has 2 saturated heterocycles. The van der Waals surface area contributed by atoms with Crippen LogP contribution in [0.15, 0.2) is 23.7 Å². The van der Waals surface area contributed by atoms with Crippen LogP contribution < -0.4 is 0 Å². The molecule has 7 nitrogen and oxygen atoms in total. The van der Waals surface area contributed by atoms with Crippen molar-refractivity contribution >= 4 is 0 Å².